The lowest BCUT2D eigenvalue weighted by atomic mass is 9.97. The Balaban J connectivity index is 1.63. The first-order valence-corrected chi connectivity index (χ1v) is 8.27. The number of hydrogen-bond donors (Lipinski definition) is 1. The van der Waals surface area contributed by atoms with Gasteiger partial charge in [-0.1, -0.05) is 12.1 Å². The molecule has 2 heterocycles. The van der Waals surface area contributed by atoms with Gasteiger partial charge in [0.15, 0.2) is 0 Å². The number of aryl methyl sites for hydroxylation is 2. The Morgan fingerprint density at radius 2 is 2.00 bits per heavy atom. The maximum Gasteiger partial charge on any atom is 0.277 e. The number of para-hydroxylation sites is 1. The summed E-state index contributed by atoms with van der Waals surface area (Å²) in [6.07, 6.45) is 7.05. The van der Waals surface area contributed by atoms with Gasteiger partial charge in [0.05, 0.1) is 11.4 Å². The summed E-state index contributed by atoms with van der Waals surface area (Å²) in [6, 6.07) is 5.93. The number of benzene rings is 1. The number of carbonyl (C=O) groups excluding carboxylic acids is 1. The van der Waals surface area contributed by atoms with Crippen LogP contribution in [0.15, 0.2) is 41.5 Å². The van der Waals surface area contributed by atoms with Crippen molar-refractivity contribution in [1.82, 2.24) is 14.2 Å². The lowest BCUT2D eigenvalue weighted by Gasteiger charge is -2.10. The van der Waals surface area contributed by atoms with Crippen LogP contribution in [-0.4, -0.2) is 20.1 Å². The minimum atomic E-state index is -0.511. The van der Waals surface area contributed by atoms with Crippen LogP contribution in [-0.2, 0) is 24.2 Å². The number of fused-ring (bicyclic) bond motifs is 3. The first kappa shape index (κ1) is 15.6. The van der Waals surface area contributed by atoms with E-state index in [2.05, 4.69) is 10.4 Å². The van der Waals surface area contributed by atoms with Crippen molar-refractivity contribution in [2.45, 2.75) is 32.2 Å². The zero-order chi connectivity index (χ0) is 17.4. The number of hydrogen-bond acceptors (Lipinski definition) is 3. The first-order valence-electron chi connectivity index (χ1n) is 8.27. The van der Waals surface area contributed by atoms with Crippen LogP contribution in [0.2, 0.25) is 0 Å². The Kier molecular flexibility index (Phi) is 3.83. The average molecular weight is 340 g/mol. The molecule has 4 rings (SSSR count). The van der Waals surface area contributed by atoms with Crippen molar-refractivity contribution in [3.8, 4) is 0 Å². The molecular weight excluding hydrogens is 323 g/mol. The molecule has 7 heteroatoms. The second kappa shape index (κ2) is 6.16. The smallest absolute Gasteiger partial charge is 0.277 e. The van der Waals surface area contributed by atoms with E-state index in [9.17, 15) is 14.0 Å². The molecular formula is C18H17FN4O2. The fourth-order valence-corrected chi connectivity index (χ4v) is 3.29. The van der Waals surface area contributed by atoms with Crippen LogP contribution in [0, 0.1) is 5.82 Å². The number of carbonyl (C=O) groups is 1. The molecule has 1 aliphatic carbocycles. The van der Waals surface area contributed by atoms with Gasteiger partial charge in [0.25, 0.3) is 5.56 Å². The van der Waals surface area contributed by atoms with Crippen molar-refractivity contribution in [2.24, 2.45) is 0 Å². The Labute approximate surface area is 142 Å². The van der Waals surface area contributed by atoms with Crippen LogP contribution in [0.3, 0.4) is 0 Å². The van der Waals surface area contributed by atoms with Crippen LogP contribution < -0.4 is 10.9 Å². The maximum absolute atomic E-state index is 13.6. The molecule has 1 aromatic carbocycles. The van der Waals surface area contributed by atoms with Crippen molar-refractivity contribution in [2.75, 3.05) is 5.32 Å². The summed E-state index contributed by atoms with van der Waals surface area (Å²) < 4.78 is 16.6. The van der Waals surface area contributed by atoms with E-state index in [1.54, 1.807) is 22.8 Å². The van der Waals surface area contributed by atoms with Gasteiger partial charge in [0, 0.05) is 18.0 Å². The minimum absolute atomic E-state index is 0.100. The fraction of sp³-hybridized carbons (Fsp3) is 0.278. The molecule has 0 saturated carbocycles. The maximum atomic E-state index is 13.6. The highest BCUT2D eigenvalue weighted by Gasteiger charge is 2.20. The van der Waals surface area contributed by atoms with E-state index in [0.717, 1.165) is 36.9 Å². The molecule has 6 nitrogen and oxygen atoms in total. The Morgan fingerprint density at radius 3 is 2.84 bits per heavy atom. The monoisotopic (exact) mass is 340 g/mol. The van der Waals surface area contributed by atoms with Crippen LogP contribution in [0.25, 0.3) is 5.52 Å². The van der Waals surface area contributed by atoms with E-state index in [4.69, 9.17) is 0 Å². The van der Waals surface area contributed by atoms with Gasteiger partial charge in [-0.3, -0.25) is 9.59 Å². The van der Waals surface area contributed by atoms with Crippen molar-refractivity contribution >= 4 is 17.1 Å². The number of amides is 1. The van der Waals surface area contributed by atoms with Crippen LogP contribution in [0.5, 0.6) is 0 Å². The molecule has 1 amide bonds. The van der Waals surface area contributed by atoms with Gasteiger partial charge in [-0.05, 0) is 37.8 Å². The van der Waals surface area contributed by atoms with Gasteiger partial charge in [-0.2, -0.15) is 5.10 Å². The topological polar surface area (TPSA) is 68.4 Å². The van der Waals surface area contributed by atoms with Crippen LogP contribution in [0.4, 0.5) is 10.1 Å². The largest absolute Gasteiger partial charge is 0.322 e. The van der Waals surface area contributed by atoms with Crippen molar-refractivity contribution in [3.63, 3.8) is 0 Å². The Hall–Kier alpha value is -2.96. The molecule has 128 valence electrons. The molecule has 1 N–H and O–H groups in total. The van der Waals surface area contributed by atoms with Crippen molar-refractivity contribution in [3.05, 3.63) is 64.1 Å². The minimum Gasteiger partial charge on any atom is -0.322 e. The number of halogens is 1. The van der Waals surface area contributed by atoms with E-state index in [-0.39, 0.29) is 17.8 Å². The molecule has 0 aliphatic heterocycles. The van der Waals surface area contributed by atoms with Crippen molar-refractivity contribution in [1.29, 1.82) is 0 Å². The predicted octanol–water partition coefficient (Wildman–Crippen LogP) is 2.15. The van der Waals surface area contributed by atoms with Gasteiger partial charge < -0.3 is 9.88 Å². The van der Waals surface area contributed by atoms with Crippen LogP contribution in [0.1, 0.15) is 24.1 Å². The van der Waals surface area contributed by atoms with Crippen molar-refractivity contribution < 1.29 is 9.18 Å². The molecule has 0 unspecified atom stereocenters. The summed E-state index contributed by atoms with van der Waals surface area (Å²) >= 11 is 0. The van der Waals surface area contributed by atoms with E-state index in [1.807, 2.05) is 0 Å². The molecule has 0 bridgehead atoms. The second-order valence-corrected chi connectivity index (χ2v) is 6.18. The van der Waals surface area contributed by atoms with Gasteiger partial charge in [0.1, 0.15) is 17.9 Å². The summed E-state index contributed by atoms with van der Waals surface area (Å²) in [5, 5.41) is 6.96. The van der Waals surface area contributed by atoms with Gasteiger partial charge in [-0.25, -0.2) is 8.91 Å². The van der Waals surface area contributed by atoms with E-state index in [0.29, 0.717) is 5.52 Å². The summed E-state index contributed by atoms with van der Waals surface area (Å²) in [4.78, 5) is 25.0. The number of aromatic nitrogens is 3. The summed E-state index contributed by atoms with van der Waals surface area (Å²) in [6.45, 7) is -0.177. The SMILES string of the molecule is O=C(Cn1ccn2nc3c(c2c1=O)CCCC3)Nc1ccccc1F. The molecule has 0 atom stereocenters. The Bertz CT molecular complexity index is 1020. The summed E-state index contributed by atoms with van der Waals surface area (Å²) in [7, 11) is 0. The van der Waals surface area contributed by atoms with E-state index in [1.165, 1.54) is 22.9 Å². The van der Waals surface area contributed by atoms with Crippen LogP contribution >= 0.6 is 0 Å². The third-order valence-corrected chi connectivity index (χ3v) is 4.50. The number of nitrogens with one attached hydrogen (secondary N) is 1. The highest BCUT2D eigenvalue weighted by atomic mass is 19.1. The third kappa shape index (κ3) is 2.82. The van der Waals surface area contributed by atoms with Gasteiger partial charge in [-0.15, -0.1) is 0 Å². The summed E-state index contributed by atoms with van der Waals surface area (Å²) in [5.41, 5.74) is 2.35. The highest BCUT2D eigenvalue weighted by molar-refractivity contribution is 5.90. The quantitative estimate of drug-likeness (QED) is 0.794. The second-order valence-electron chi connectivity index (χ2n) is 6.18. The predicted molar refractivity (Wildman–Crippen MR) is 91.1 cm³/mol. The van der Waals surface area contributed by atoms with E-state index >= 15 is 0 Å². The zero-order valence-electron chi connectivity index (χ0n) is 13.5. The number of nitrogens with zero attached hydrogens (tertiary/aromatic N) is 3. The average Bonchev–Trinajstić information content (AvgIpc) is 2.99. The first-order chi connectivity index (χ1) is 12.1. The molecule has 0 saturated heterocycles. The highest BCUT2D eigenvalue weighted by Crippen LogP contribution is 2.22. The molecule has 3 aromatic rings. The van der Waals surface area contributed by atoms with Gasteiger partial charge in [0.2, 0.25) is 5.91 Å². The zero-order valence-corrected chi connectivity index (χ0v) is 13.5. The summed E-state index contributed by atoms with van der Waals surface area (Å²) in [5.74, 6) is -0.964. The molecule has 0 fully saturated rings. The molecule has 0 spiro atoms. The standard InChI is InChI=1S/C18H17FN4O2/c19-13-6-2-4-8-15(13)20-16(24)11-22-9-10-23-17(18(22)25)12-5-1-3-7-14(12)21-23/h2,4,6,8-10H,1,3,5,7,11H2,(H,20,24). The number of rotatable bonds is 3. The molecule has 0 radical (unpaired) electrons. The normalized spacial score (nSPS) is 13.6. The van der Waals surface area contributed by atoms with E-state index < -0.39 is 11.7 Å². The fourth-order valence-electron chi connectivity index (χ4n) is 3.29. The molecule has 2 aromatic heterocycles. The lowest BCUT2D eigenvalue weighted by Crippen LogP contribution is -2.28. The molecule has 25 heavy (non-hydrogen) atoms. The lowest BCUT2D eigenvalue weighted by molar-refractivity contribution is -0.116. The molecule has 1 aliphatic rings. The van der Waals surface area contributed by atoms with Gasteiger partial charge >= 0.3 is 0 Å². The third-order valence-electron chi connectivity index (χ3n) is 4.50. The Morgan fingerprint density at radius 1 is 1.20 bits per heavy atom. The number of anilines is 1.